The van der Waals surface area contributed by atoms with Crippen molar-refractivity contribution in [3.63, 3.8) is 0 Å². The van der Waals surface area contributed by atoms with Gasteiger partial charge in [-0.25, -0.2) is 4.79 Å². The first-order chi connectivity index (χ1) is 6.33. The second-order valence-electron chi connectivity index (χ2n) is 2.27. The third kappa shape index (κ3) is 3.29. The molecule has 1 aromatic rings. The first kappa shape index (κ1) is 9.13. The summed E-state index contributed by atoms with van der Waals surface area (Å²) in [6, 6.07) is 4.85. The Morgan fingerprint density at radius 3 is 3.15 bits per heavy atom. The normalized spacial score (nSPS) is 8.85. The molecule has 0 unspecified atom stereocenters. The van der Waals surface area contributed by atoms with E-state index in [1.807, 2.05) is 6.07 Å². The van der Waals surface area contributed by atoms with Gasteiger partial charge in [0.05, 0.1) is 18.8 Å². The van der Waals surface area contributed by atoms with Gasteiger partial charge in [-0.3, -0.25) is 5.32 Å². The second kappa shape index (κ2) is 4.83. The molecule has 0 aliphatic carbocycles. The molecule has 1 heterocycles. The van der Waals surface area contributed by atoms with Crippen molar-refractivity contribution in [3.8, 4) is 6.07 Å². The van der Waals surface area contributed by atoms with Gasteiger partial charge in [-0.15, -0.1) is 0 Å². The predicted octanol–water partition coefficient (Wildman–Crippen LogP) is 1.31. The van der Waals surface area contributed by atoms with Gasteiger partial charge in [-0.1, -0.05) is 0 Å². The maximum atomic E-state index is 11.0. The summed E-state index contributed by atoms with van der Waals surface area (Å²) in [4.78, 5) is 11.0. The average Bonchev–Trinajstić information content (AvgIpc) is 2.57. The Morgan fingerprint density at radius 2 is 2.54 bits per heavy atom. The van der Waals surface area contributed by atoms with Crippen molar-refractivity contribution in [1.29, 1.82) is 5.26 Å². The number of furan rings is 1. The van der Waals surface area contributed by atoms with Crippen molar-refractivity contribution < 1.29 is 9.21 Å². The zero-order chi connectivity index (χ0) is 9.52. The van der Waals surface area contributed by atoms with Crippen LogP contribution in [-0.2, 0) is 0 Å². The smallest absolute Gasteiger partial charge is 0.321 e. The van der Waals surface area contributed by atoms with Crippen LogP contribution in [0.1, 0.15) is 6.42 Å². The molecular formula is C8H9N3O2. The molecule has 0 saturated carbocycles. The minimum Gasteiger partial charge on any atom is -0.449 e. The van der Waals surface area contributed by atoms with Gasteiger partial charge in [-0.05, 0) is 6.07 Å². The summed E-state index contributed by atoms with van der Waals surface area (Å²) in [6.45, 7) is 0.336. The van der Waals surface area contributed by atoms with Crippen LogP contribution in [0.2, 0.25) is 0 Å². The highest BCUT2D eigenvalue weighted by Gasteiger charge is 2.00. The number of nitrogens with zero attached hydrogens (tertiary/aromatic N) is 1. The first-order valence-electron chi connectivity index (χ1n) is 3.78. The number of rotatable bonds is 3. The van der Waals surface area contributed by atoms with Crippen LogP contribution in [0.3, 0.4) is 0 Å². The van der Waals surface area contributed by atoms with Crippen LogP contribution in [0.4, 0.5) is 10.7 Å². The van der Waals surface area contributed by atoms with Crippen LogP contribution in [-0.4, -0.2) is 12.6 Å². The Morgan fingerprint density at radius 1 is 1.69 bits per heavy atom. The molecular weight excluding hydrogens is 170 g/mol. The van der Waals surface area contributed by atoms with Gasteiger partial charge in [0.2, 0.25) is 5.88 Å². The molecule has 0 atom stereocenters. The third-order valence-electron chi connectivity index (χ3n) is 1.28. The monoisotopic (exact) mass is 179 g/mol. The number of amides is 2. The van der Waals surface area contributed by atoms with E-state index in [0.29, 0.717) is 18.8 Å². The van der Waals surface area contributed by atoms with Crippen molar-refractivity contribution in [2.45, 2.75) is 6.42 Å². The number of nitrogens with one attached hydrogen (secondary N) is 2. The summed E-state index contributed by atoms with van der Waals surface area (Å²) in [7, 11) is 0. The molecule has 0 aliphatic heterocycles. The molecule has 68 valence electrons. The van der Waals surface area contributed by atoms with Crippen LogP contribution in [0, 0.1) is 11.3 Å². The van der Waals surface area contributed by atoms with Gasteiger partial charge in [0.1, 0.15) is 0 Å². The van der Waals surface area contributed by atoms with Crippen LogP contribution in [0.15, 0.2) is 22.8 Å². The minimum atomic E-state index is -0.370. The highest BCUT2D eigenvalue weighted by molar-refractivity contribution is 5.87. The number of anilines is 1. The lowest BCUT2D eigenvalue weighted by atomic mass is 10.5. The number of nitriles is 1. The van der Waals surface area contributed by atoms with E-state index >= 15 is 0 Å². The van der Waals surface area contributed by atoms with E-state index in [4.69, 9.17) is 9.68 Å². The molecule has 0 bridgehead atoms. The van der Waals surface area contributed by atoms with Crippen LogP contribution in [0.5, 0.6) is 0 Å². The summed E-state index contributed by atoms with van der Waals surface area (Å²) >= 11 is 0. The Balaban J connectivity index is 2.23. The van der Waals surface area contributed by atoms with E-state index in [9.17, 15) is 4.79 Å². The van der Waals surface area contributed by atoms with E-state index < -0.39 is 0 Å². The SMILES string of the molecule is N#CCCNC(=O)Nc1ccco1. The highest BCUT2D eigenvalue weighted by atomic mass is 16.3. The summed E-state index contributed by atoms with van der Waals surface area (Å²) < 4.78 is 4.87. The fourth-order valence-electron chi connectivity index (χ4n) is 0.738. The predicted molar refractivity (Wildman–Crippen MR) is 46.0 cm³/mol. The fraction of sp³-hybridized carbons (Fsp3) is 0.250. The van der Waals surface area contributed by atoms with Gasteiger partial charge < -0.3 is 9.73 Å². The Bertz CT molecular complexity index is 300. The summed E-state index contributed by atoms with van der Waals surface area (Å²) in [5, 5.41) is 13.1. The molecule has 5 nitrogen and oxygen atoms in total. The number of carbonyl (C=O) groups is 1. The lowest BCUT2D eigenvalue weighted by Gasteiger charge is -2.01. The first-order valence-corrected chi connectivity index (χ1v) is 3.78. The molecule has 0 radical (unpaired) electrons. The van der Waals surface area contributed by atoms with Crippen LogP contribution >= 0.6 is 0 Å². The molecule has 5 heteroatoms. The Hall–Kier alpha value is -1.96. The molecule has 13 heavy (non-hydrogen) atoms. The average molecular weight is 179 g/mol. The zero-order valence-corrected chi connectivity index (χ0v) is 6.91. The number of urea groups is 1. The van der Waals surface area contributed by atoms with E-state index in [1.54, 1.807) is 12.1 Å². The van der Waals surface area contributed by atoms with E-state index in [1.165, 1.54) is 6.26 Å². The van der Waals surface area contributed by atoms with Crippen molar-refractivity contribution in [2.24, 2.45) is 0 Å². The molecule has 0 aliphatic rings. The molecule has 1 rings (SSSR count). The molecule has 0 spiro atoms. The third-order valence-corrected chi connectivity index (χ3v) is 1.28. The Kier molecular flexibility index (Phi) is 3.39. The van der Waals surface area contributed by atoms with Gasteiger partial charge in [0.25, 0.3) is 0 Å². The number of hydrogen-bond donors (Lipinski definition) is 2. The fourth-order valence-corrected chi connectivity index (χ4v) is 0.738. The van der Waals surface area contributed by atoms with Gasteiger partial charge in [-0.2, -0.15) is 5.26 Å². The molecule has 0 saturated heterocycles. The maximum absolute atomic E-state index is 11.0. The molecule has 0 aromatic carbocycles. The molecule has 0 fully saturated rings. The highest BCUT2D eigenvalue weighted by Crippen LogP contribution is 2.05. The van der Waals surface area contributed by atoms with Gasteiger partial charge >= 0.3 is 6.03 Å². The molecule has 2 N–H and O–H groups in total. The maximum Gasteiger partial charge on any atom is 0.321 e. The van der Waals surface area contributed by atoms with Crippen molar-refractivity contribution in [3.05, 3.63) is 18.4 Å². The van der Waals surface area contributed by atoms with Crippen molar-refractivity contribution in [2.75, 3.05) is 11.9 Å². The van der Waals surface area contributed by atoms with E-state index in [0.717, 1.165) is 0 Å². The largest absolute Gasteiger partial charge is 0.449 e. The number of hydrogen-bond acceptors (Lipinski definition) is 3. The lowest BCUT2D eigenvalue weighted by Crippen LogP contribution is -2.29. The number of carbonyl (C=O) groups excluding carboxylic acids is 1. The summed E-state index contributed by atoms with van der Waals surface area (Å²) in [6.07, 6.45) is 1.76. The van der Waals surface area contributed by atoms with Crippen LogP contribution < -0.4 is 10.6 Å². The quantitative estimate of drug-likeness (QED) is 0.686. The lowest BCUT2D eigenvalue weighted by molar-refractivity contribution is 0.252. The Labute approximate surface area is 75.3 Å². The zero-order valence-electron chi connectivity index (χ0n) is 6.91. The summed E-state index contributed by atoms with van der Waals surface area (Å²) in [5.74, 6) is 0.384. The molecule has 2 amide bonds. The van der Waals surface area contributed by atoms with Crippen LogP contribution in [0.25, 0.3) is 0 Å². The minimum absolute atomic E-state index is 0.297. The standard InChI is InChI=1S/C8H9N3O2/c9-4-2-5-10-8(12)11-7-3-1-6-13-7/h1,3,6H,2,5H2,(H2,10,11,12). The van der Waals surface area contributed by atoms with Gasteiger partial charge in [0, 0.05) is 12.6 Å². The van der Waals surface area contributed by atoms with E-state index in [2.05, 4.69) is 10.6 Å². The topological polar surface area (TPSA) is 78.1 Å². The second-order valence-corrected chi connectivity index (χ2v) is 2.27. The molecule has 1 aromatic heterocycles. The van der Waals surface area contributed by atoms with Crippen molar-refractivity contribution >= 4 is 11.9 Å². The van der Waals surface area contributed by atoms with E-state index in [-0.39, 0.29) is 6.03 Å². The van der Waals surface area contributed by atoms with Crippen molar-refractivity contribution in [1.82, 2.24) is 5.32 Å². The van der Waals surface area contributed by atoms with Gasteiger partial charge in [0.15, 0.2) is 0 Å². The summed E-state index contributed by atoms with van der Waals surface area (Å²) in [5.41, 5.74) is 0.